The van der Waals surface area contributed by atoms with Crippen molar-refractivity contribution in [3.63, 3.8) is 0 Å². The van der Waals surface area contributed by atoms with Crippen LogP contribution in [0.2, 0.25) is 0 Å². The van der Waals surface area contributed by atoms with Gasteiger partial charge in [0.2, 0.25) is 11.8 Å². The van der Waals surface area contributed by atoms with Crippen molar-refractivity contribution >= 4 is 11.8 Å². The summed E-state index contributed by atoms with van der Waals surface area (Å²) in [6.07, 6.45) is 5.04. The minimum atomic E-state index is 0.0114. The largest absolute Gasteiger partial charge is 0.342 e. The van der Waals surface area contributed by atoms with Gasteiger partial charge >= 0.3 is 0 Å². The molecule has 0 aromatic heterocycles. The number of carbonyl (C=O) groups is 2. The van der Waals surface area contributed by atoms with Crippen LogP contribution in [0.25, 0.3) is 0 Å². The van der Waals surface area contributed by atoms with Crippen LogP contribution in [0.4, 0.5) is 0 Å². The molecule has 5 nitrogen and oxygen atoms in total. The molecule has 3 aliphatic rings. The van der Waals surface area contributed by atoms with Crippen molar-refractivity contribution in [3.05, 3.63) is 35.9 Å². The van der Waals surface area contributed by atoms with E-state index in [-0.39, 0.29) is 17.7 Å². The van der Waals surface area contributed by atoms with E-state index in [0.717, 1.165) is 71.4 Å². The SMILES string of the molecule is O=C(C1CC1)N1CCC[C@H](C(=O)N2CCN(CCc3ccccc3)CC2)C1. The quantitative estimate of drug-likeness (QED) is 0.798. The van der Waals surface area contributed by atoms with Crippen LogP contribution in [0.15, 0.2) is 30.3 Å². The summed E-state index contributed by atoms with van der Waals surface area (Å²) >= 11 is 0. The standard InChI is InChI=1S/C22H31N3O2/c26-21(19-8-9-19)25-11-4-7-20(17-25)22(27)24-15-13-23(14-16-24)12-10-18-5-2-1-3-6-18/h1-3,5-6,19-20H,4,7-17H2/t20-/m0/s1. The van der Waals surface area contributed by atoms with Crippen molar-refractivity contribution < 1.29 is 9.59 Å². The summed E-state index contributed by atoms with van der Waals surface area (Å²) in [5, 5.41) is 0. The van der Waals surface area contributed by atoms with Gasteiger partial charge in [0.1, 0.15) is 0 Å². The zero-order chi connectivity index (χ0) is 18.6. The van der Waals surface area contributed by atoms with E-state index in [1.165, 1.54) is 5.56 Å². The first-order chi connectivity index (χ1) is 13.2. The van der Waals surface area contributed by atoms with Gasteiger partial charge in [-0.3, -0.25) is 14.5 Å². The Morgan fingerprint density at radius 1 is 0.815 bits per heavy atom. The first-order valence-corrected chi connectivity index (χ1v) is 10.5. The van der Waals surface area contributed by atoms with Gasteiger partial charge in [-0.25, -0.2) is 0 Å². The number of piperazine rings is 1. The summed E-state index contributed by atoms with van der Waals surface area (Å²) in [5.74, 6) is 0.827. The van der Waals surface area contributed by atoms with E-state index in [9.17, 15) is 9.59 Å². The molecule has 0 N–H and O–H groups in total. The first kappa shape index (κ1) is 18.5. The molecule has 2 amide bonds. The zero-order valence-corrected chi connectivity index (χ0v) is 16.2. The number of rotatable bonds is 5. The number of hydrogen-bond donors (Lipinski definition) is 0. The smallest absolute Gasteiger partial charge is 0.227 e. The second-order valence-electron chi connectivity index (χ2n) is 8.30. The maximum Gasteiger partial charge on any atom is 0.227 e. The van der Waals surface area contributed by atoms with Crippen molar-refractivity contribution in [2.45, 2.75) is 32.1 Å². The van der Waals surface area contributed by atoms with Crippen molar-refractivity contribution in [1.82, 2.24) is 14.7 Å². The summed E-state index contributed by atoms with van der Waals surface area (Å²) in [6.45, 7) is 6.08. The van der Waals surface area contributed by atoms with Crippen molar-refractivity contribution in [2.24, 2.45) is 11.8 Å². The number of piperidine rings is 1. The number of hydrogen-bond acceptors (Lipinski definition) is 3. The fourth-order valence-corrected chi connectivity index (χ4v) is 4.35. The second-order valence-corrected chi connectivity index (χ2v) is 8.30. The molecule has 2 saturated heterocycles. The Morgan fingerprint density at radius 2 is 1.52 bits per heavy atom. The van der Waals surface area contributed by atoms with Gasteiger partial charge in [-0.05, 0) is 37.7 Å². The topological polar surface area (TPSA) is 43.9 Å². The lowest BCUT2D eigenvalue weighted by Gasteiger charge is -2.39. The van der Waals surface area contributed by atoms with E-state index in [0.29, 0.717) is 12.5 Å². The van der Waals surface area contributed by atoms with Crippen molar-refractivity contribution in [2.75, 3.05) is 45.8 Å². The molecule has 27 heavy (non-hydrogen) atoms. The summed E-state index contributed by atoms with van der Waals surface area (Å²) in [4.78, 5) is 31.7. The molecule has 1 aromatic carbocycles. The third kappa shape index (κ3) is 4.70. The Kier molecular flexibility index (Phi) is 5.77. The summed E-state index contributed by atoms with van der Waals surface area (Å²) < 4.78 is 0. The first-order valence-electron chi connectivity index (χ1n) is 10.5. The lowest BCUT2D eigenvalue weighted by atomic mass is 9.95. The van der Waals surface area contributed by atoms with Crippen molar-refractivity contribution in [3.8, 4) is 0 Å². The maximum absolute atomic E-state index is 13.0. The van der Waals surface area contributed by atoms with E-state index >= 15 is 0 Å². The normalized spacial score (nSPS) is 24.1. The number of amides is 2. The van der Waals surface area contributed by atoms with Crippen LogP contribution in [0.3, 0.4) is 0 Å². The van der Waals surface area contributed by atoms with Crippen LogP contribution in [0.5, 0.6) is 0 Å². The number of likely N-dealkylation sites (tertiary alicyclic amines) is 1. The zero-order valence-electron chi connectivity index (χ0n) is 16.2. The van der Waals surface area contributed by atoms with Crippen LogP contribution in [-0.4, -0.2) is 72.3 Å². The molecule has 1 saturated carbocycles. The van der Waals surface area contributed by atoms with Gasteiger partial charge in [0.25, 0.3) is 0 Å². The summed E-state index contributed by atoms with van der Waals surface area (Å²) in [7, 11) is 0. The lowest BCUT2D eigenvalue weighted by molar-refractivity contribution is -0.142. The molecule has 3 fully saturated rings. The van der Waals surface area contributed by atoms with Crippen LogP contribution >= 0.6 is 0 Å². The minimum Gasteiger partial charge on any atom is -0.342 e. The molecule has 0 unspecified atom stereocenters. The molecule has 2 heterocycles. The molecule has 1 atom stereocenters. The predicted molar refractivity (Wildman–Crippen MR) is 105 cm³/mol. The molecule has 1 aliphatic carbocycles. The van der Waals surface area contributed by atoms with Crippen LogP contribution in [0.1, 0.15) is 31.2 Å². The van der Waals surface area contributed by atoms with E-state index < -0.39 is 0 Å². The highest BCUT2D eigenvalue weighted by Gasteiger charge is 2.37. The van der Waals surface area contributed by atoms with Crippen LogP contribution in [-0.2, 0) is 16.0 Å². The average Bonchev–Trinajstić information content (AvgIpc) is 3.58. The van der Waals surface area contributed by atoms with Crippen LogP contribution in [0, 0.1) is 11.8 Å². The van der Waals surface area contributed by atoms with Gasteiger partial charge in [-0.2, -0.15) is 0 Å². The minimum absolute atomic E-state index is 0.0114. The summed E-state index contributed by atoms with van der Waals surface area (Å²) in [6, 6.07) is 10.6. The number of benzene rings is 1. The van der Waals surface area contributed by atoms with E-state index in [2.05, 4.69) is 35.2 Å². The molecule has 1 aromatic rings. The number of carbonyl (C=O) groups excluding carboxylic acids is 2. The van der Waals surface area contributed by atoms with Gasteiger partial charge in [-0.15, -0.1) is 0 Å². The molecule has 0 spiro atoms. The Bertz CT molecular complexity index is 651. The van der Waals surface area contributed by atoms with Gasteiger partial charge in [-0.1, -0.05) is 30.3 Å². The predicted octanol–water partition coefficient (Wildman–Crippen LogP) is 2.02. The fraction of sp³-hybridized carbons (Fsp3) is 0.636. The lowest BCUT2D eigenvalue weighted by Crippen LogP contribution is -2.53. The van der Waals surface area contributed by atoms with Gasteiger partial charge in [0.15, 0.2) is 0 Å². The Morgan fingerprint density at radius 3 is 2.22 bits per heavy atom. The van der Waals surface area contributed by atoms with E-state index in [1.807, 2.05) is 9.80 Å². The maximum atomic E-state index is 13.0. The monoisotopic (exact) mass is 369 g/mol. The van der Waals surface area contributed by atoms with E-state index in [4.69, 9.17) is 0 Å². The molecule has 0 bridgehead atoms. The molecular weight excluding hydrogens is 338 g/mol. The highest BCUT2D eigenvalue weighted by molar-refractivity contribution is 5.83. The Labute approximate surface area is 162 Å². The van der Waals surface area contributed by atoms with E-state index in [1.54, 1.807) is 0 Å². The second kappa shape index (κ2) is 8.42. The van der Waals surface area contributed by atoms with Crippen molar-refractivity contribution in [1.29, 1.82) is 0 Å². The molecule has 2 aliphatic heterocycles. The molecular formula is C22H31N3O2. The fourth-order valence-electron chi connectivity index (χ4n) is 4.35. The van der Waals surface area contributed by atoms with Gasteiger partial charge in [0, 0.05) is 51.7 Å². The number of nitrogens with zero attached hydrogens (tertiary/aromatic N) is 3. The highest BCUT2D eigenvalue weighted by atomic mass is 16.2. The summed E-state index contributed by atoms with van der Waals surface area (Å²) in [5.41, 5.74) is 1.37. The Hall–Kier alpha value is -1.88. The third-order valence-corrected chi connectivity index (χ3v) is 6.25. The van der Waals surface area contributed by atoms with Gasteiger partial charge < -0.3 is 9.80 Å². The molecule has 0 radical (unpaired) electrons. The highest BCUT2D eigenvalue weighted by Crippen LogP contribution is 2.32. The molecule has 4 rings (SSSR count). The average molecular weight is 370 g/mol. The Balaban J connectivity index is 1.22. The van der Waals surface area contributed by atoms with Crippen LogP contribution < -0.4 is 0 Å². The van der Waals surface area contributed by atoms with Gasteiger partial charge in [0.05, 0.1) is 5.92 Å². The molecule has 5 heteroatoms. The molecule has 146 valence electrons. The third-order valence-electron chi connectivity index (χ3n) is 6.25.